The van der Waals surface area contributed by atoms with Crippen molar-refractivity contribution in [2.45, 2.75) is 33.0 Å². The van der Waals surface area contributed by atoms with Crippen LogP contribution in [0.1, 0.15) is 31.5 Å². The largest absolute Gasteiger partial charge is 0.490 e. The van der Waals surface area contributed by atoms with Crippen LogP contribution in [0.5, 0.6) is 0 Å². The van der Waals surface area contributed by atoms with Gasteiger partial charge in [-0.3, -0.25) is 5.10 Å². The van der Waals surface area contributed by atoms with Crippen LogP contribution in [0.4, 0.5) is 29.2 Å². The number of carbonyl (C=O) groups is 1. The molecule has 0 bridgehead atoms. The van der Waals surface area contributed by atoms with Gasteiger partial charge in [-0.05, 0) is 45.6 Å². The van der Waals surface area contributed by atoms with E-state index in [2.05, 4.69) is 54.7 Å². The van der Waals surface area contributed by atoms with Crippen LogP contribution in [0.15, 0.2) is 24.3 Å². The Bertz CT molecular complexity index is 1190. The molecule has 1 aromatic carbocycles. The number of aromatic amines is 1. The standard InChI is InChI=1S/C20H26ClFN8.C2HF3O2/c1-5-30(4)9-8-23-17-11-18(24-12(2)19-25-13(3)28-29-19)27-20(26-17)14-6-7-16(22)15(21)10-14;3-2(4,5)1(6)7/h6-7,10-12H,5,8-9H2,1-4H3,(H,25,28,29)(H2,23,24,26,27);(H,6,7)/t12-;/m0./s1. The molecule has 0 aliphatic heterocycles. The molecule has 3 aromatic rings. The molecule has 3 rings (SSSR count). The molecule has 10 nitrogen and oxygen atoms in total. The first-order valence-electron chi connectivity index (χ1n) is 11.0. The lowest BCUT2D eigenvalue weighted by atomic mass is 10.2. The minimum absolute atomic E-state index is 0.0260. The topological polar surface area (TPSA) is 132 Å². The lowest BCUT2D eigenvalue weighted by Crippen LogP contribution is -2.25. The Kier molecular flexibility index (Phi) is 10.6. The first-order valence-corrected chi connectivity index (χ1v) is 11.4. The fraction of sp³-hybridized carbons (Fsp3) is 0.409. The Morgan fingerprint density at radius 2 is 1.86 bits per heavy atom. The zero-order valence-corrected chi connectivity index (χ0v) is 21.2. The first-order chi connectivity index (χ1) is 17.3. The number of halogens is 5. The Balaban J connectivity index is 0.000000604. The highest BCUT2D eigenvalue weighted by atomic mass is 35.5. The Morgan fingerprint density at radius 1 is 1.22 bits per heavy atom. The predicted molar refractivity (Wildman–Crippen MR) is 131 cm³/mol. The summed E-state index contributed by atoms with van der Waals surface area (Å²) in [6.45, 7) is 8.45. The number of benzene rings is 1. The van der Waals surface area contributed by atoms with Gasteiger partial charge in [-0.15, -0.1) is 0 Å². The average molecular weight is 547 g/mol. The molecular weight excluding hydrogens is 520 g/mol. The lowest BCUT2D eigenvalue weighted by Gasteiger charge is -2.16. The number of likely N-dealkylation sites (N-methyl/N-ethyl adjacent to an activating group) is 1. The number of aromatic nitrogens is 5. The van der Waals surface area contributed by atoms with Crippen molar-refractivity contribution in [1.29, 1.82) is 0 Å². The number of aryl methyl sites for hydroxylation is 1. The molecule has 2 heterocycles. The van der Waals surface area contributed by atoms with Gasteiger partial charge >= 0.3 is 12.1 Å². The summed E-state index contributed by atoms with van der Waals surface area (Å²) in [6.07, 6.45) is -5.08. The molecule has 0 fully saturated rings. The third kappa shape index (κ3) is 9.46. The van der Waals surface area contributed by atoms with Gasteiger partial charge in [-0.1, -0.05) is 18.5 Å². The number of alkyl halides is 3. The van der Waals surface area contributed by atoms with Crippen molar-refractivity contribution in [2.75, 3.05) is 37.3 Å². The molecule has 0 spiro atoms. The Hall–Kier alpha value is -3.52. The van der Waals surface area contributed by atoms with Crippen molar-refractivity contribution >= 4 is 29.2 Å². The van der Waals surface area contributed by atoms with E-state index in [9.17, 15) is 17.6 Å². The molecule has 0 aliphatic rings. The molecule has 0 aliphatic carbocycles. The highest BCUT2D eigenvalue weighted by molar-refractivity contribution is 6.31. The first kappa shape index (κ1) is 29.7. The van der Waals surface area contributed by atoms with Gasteiger partial charge in [0.05, 0.1) is 11.1 Å². The summed E-state index contributed by atoms with van der Waals surface area (Å²) in [5, 5.41) is 20.8. The molecule has 15 heteroatoms. The van der Waals surface area contributed by atoms with E-state index < -0.39 is 18.0 Å². The van der Waals surface area contributed by atoms with E-state index in [0.717, 1.165) is 25.5 Å². The number of nitrogens with zero attached hydrogens (tertiary/aromatic N) is 5. The molecule has 4 N–H and O–H groups in total. The van der Waals surface area contributed by atoms with E-state index in [1.54, 1.807) is 6.07 Å². The molecule has 0 amide bonds. The van der Waals surface area contributed by atoms with E-state index in [4.69, 9.17) is 21.5 Å². The van der Waals surface area contributed by atoms with Crippen LogP contribution in [0, 0.1) is 12.7 Å². The Labute approximate surface area is 215 Å². The summed E-state index contributed by atoms with van der Waals surface area (Å²) in [5.41, 5.74) is 0.625. The Morgan fingerprint density at radius 3 is 2.41 bits per heavy atom. The van der Waals surface area contributed by atoms with Crippen molar-refractivity contribution in [3.05, 3.63) is 46.8 Å². The van der Waals surface area contributed by atoms with Gasteiger partial charge in [0.2, 0.25) is 0 Å². The highest BCUT2D eigenvalue weighted by Gasteiger charge is 2.38. The summed E-state index contributed by atoms with van der Waals surface area (Å²) in [7, 11) is 2.06. The maximum atomic E-state index is 13.6. The number of aliphatic carboxylic acids is 1. The van der Waals surface area contributed by atoms with Gasteiger partial charge in [0.1, 0.15) is 23.3 Å². The number of hydrogen-bond acceptors (Lipinski definition) is 8. The van der Waals surface area contributed by atoms with Crippen molar-refractivity contribution in [3.63, 3.8) is 0 Å². The maximum absolute atomic E-state index is 13.6. The molecule has 202 valence electrons. The summed E-state index contributed by atoms with van der Waals surface area (Å²) in [4.78, 5) is 24.6. The smallest absolute Gasteiger partial charge is 0.475 e. The zero-order chi connectivity index (χ0) is 27.8. The third-order valence-corrected chi connectivity index (χ3v) is 5.14. The summed E-state index contributed by atoms with van der Waals surface area (Å²) in [6, 6.07) is 6.10. The van der Waals surface area contributed by atoms with Gasteiger partial charge in [-0.2, -0.15) is 18.3 Å². The number of carboxylic acid groups (broad SMARTS) is 1. The predicted octanol–water partition coefficient (Wildman–Crippen LogP) is 4.53. The van der Waals surface area contributed by atoms with Crippen molar-refractivity contribution in [3.8, 4) is 11.4 Å². The number of carboxylic acids is 1. The molecule has 0 unspecified atom stereocenters. The zero-order valence-electron chi connectivity index (χ0n) is 20.5. The summed E-state index contributed by atoms with van der Waals surface area (Å²) in [5.74, 6) is -0.169. The molecular formula is C22H27ClF4N8O2. The minimum Gasteiger partial charge on any atom is -0.475 e. The number of nitrogens with one attached hydrogen (secondary N) is 3. The average Bonchev–Trinajstić information content (AvgIpc) is 3.27. The monoisotopic (exact) mass is 546 g/mol. The van der Waals surface area contributed by atoms with Gasteiger partial charge < -0.3 is 20.6 Å². The van der Waals surface area contributed by atoms with Gasteiger partial charge in [0.15, 0.2) is 11.6 Å². The van der Waals surface area contributed by atoms with E-state index in [0.29, 0.717) is 28.8 Å². The van der Waals surface area contributed by atoms with E-state index in [-0.39, 0.29) is 11.1 Å². The van der Waals surface area contributed by atoms with Crippen LogP contribution >= 0.6 is 11.6 Å². The lowest BCUT2D eigenvalue weighted by molar-refractivity contribution is -0.192. The van der Waals surface area contributed by atoms with Gasteiger partial charge in [0, 0.05) is 24.7 Å². The number of H-pyrrole nitrogens is 1. The highest BCUT2D eigenvalue weighted by Crippen LogP contribution is 2.26. The van der Waals surface area contributed by atoms with Crippen LogP contribution in [-0.4, -0.2) is 74.0 Å². The van der Waals surface area contributed by atoms with E-state index >= 15 is 0 Å². The molecule has 2 aromatic heterocycles. The van der Waals surface area contributed by atoms with Crippen LogP contribution in [0.3, 0.4) is 0 Å². The fourth-order valence-electron chi connectivity index (χ4n) is 2.75. The molecule has 0 saturated carbocycles. The summed E-state index contributed by atoms with van der Waals surface area (Å²) < 4.78 is 45.3. The van der Waals surface area contributed by atoms with Crippen molar-refractivity contribution in [1.82, 2.24) is 30.0 Å². The third-order valence-electron chi connectivity index (χ3n) is 4.85. The summed E-state index contributed by atoms with van der Waals surface area (Å²) >= 11 is 5.96. The van der Waals surface area contributed by atoms with Gasteiger partial charge in [-0.25, -0.2) is 24.1 Å². The van der Waals surface area contributed by atoms with Gasteiger partial charge in [0.25, 0.3) is 0 Å². The van der Waals surface area contributed by atoms with E-state index in [1.165, 1.54) is 12.1 Å². The number of rotatable bonds is 9. The molecule has 0 saturated heterocycles. The SMILES string of the molecule is CCN(C)CCNc1cc(N[C@@H](C)c2n[nH]c(C)n2)nc(-c2ccc(F)c(Cl)c2)n1.O=C(O)C(F)(F)F. The fourth-order valence-corrected chi connectivity index (χ4v) is 2.93. The van der Waals surface area contributed by atoms with Crippen LogP contribution in [0.25, 0.3) is 11.4 Å². The van der Waals surface area contributed by atoms with Crippen LogP contribution in [0.2, 0.25) is 5.02 Å². The number of hydrogen-bond donors (Lipinski definition) is 4. The van der Waals surface area contributed by atoms with Crippen LogP contribution < -0.4 is 10.6 Å². The van der Waals surface area contributed by atoms with Crippen molar-refractivity contribution in [2.24, 2.45) is 0 Å². The quantitative estimate of drug-likeness (QED) is 0.286. The molecule has 37 heavy (non-hydrogen) atoms. The second-order valence-electron chi connectivity index (χ2n) is 7.86. The maximum Gasteiger partial charge on any atom is 0.490 e. The van der Waals surface area contributed by atoms with Crippen LogP contribution in [-0.2, 0) is 4.79 Å². The molecule has 0 radical (unpaired) electrons. The minimum atomic E-state index is -5.08. The second kappa shape index (κ2) is 13.1. The van der Waals surface area contributed by atoms with E-state index in [1.807, 2.05) is 19.9 Å². The van der Waals surface area contributed by atoms with Crippen molar-refractivity contribution < 1.29 is 27.5 Å². The molecule has 1 atom stereocenters. The normalized spacial score (nSPS) is 12.1. The second-order valence-corrected chi connectivity index (χ2v) is 8.27. The number of anilines is 2.